The maximum Gasteiger partial charge on any atom is 0.321 e. The molecule has 4 amide bonds. The number of nitrogens with zero attached hydrogens (tertiary/aromatic N) is 1. The van der Waals surface area contributed by atoms with Gasteiger partial charge in [0, 0.05) is 35.4 Å². The van der Waals surface area contributed by atoms with Gasteiger partial charge in [0.05, 0.1) is 7.11 Å². The first-order valence-corrected chi connectivity index (χ1v) is 12.2. The number of carbonyl (C=O) groups is 3. The van der Waals surface area contributed by atoms with Crippen molar-refractivity contribution < 1.29 is 19.1 Å². The van der Waals surface area contributed by atoms with E-state index in [1.807, 2.05) is 13.8 Å². The number of likely N-dealkylation sites (tertiary alicyclic amines) is 1. The molecule has 9 heteroatoms. The number of anilines is 1. The summed E-state index contributed by atoms with van der Waals surface area (Å²) in [4.78, 5) is 40.6. The number of benzene rings is 2. The van der Waals surface area contributed by atoms with Gasteiger partial charge in [0.25, 0.3) is 5.91 Å². The Bertz CT molecular complexity index is 1040. The number of halogens is 1. The number of nitrogens with one attached hydrogen (secondary N) is 3. The van der Waals surface area contributed by atoms with Crippen LogP contribution in [0.2, 0.25) is 5.02 Å². The molecule has 2 atom stereocenters. The van der Waals surface area contributed by atoms with Crippen LogP contribution < -0.4 is 20.7 Å². The number of piperidine rings is 1. The first kappa shape index (κ1) is 26.3. The van der Waals surface area contributed by atoms with Gasteiger partial charge in [0.1, 0.15) is 11.8 Å². The molecule has 1 aliphatic heterocycles. The minimum atomic E-state index is -0.708. The summed E-state index contributed by atoms with van der Waals surface area (Å²) in [6.07, 6.45) is 1.95. The Balaban J connectivity index is 1.67. The molecule has 0 saturated carbocycles. The molecule has 2 aromatic carbocycles. The number of urea groups is 1. The molecule has 0 spiro atoms. The fourth-order valence-corrected chi connectivity index (χ4v) is 4.22. The summed E-state index contributed by atoms with van der Waals surface area (Å²) < 4.78 is 5.21. The lowest BCUT2D eigenvalue weighted by molar-refractivity contribution is -0.125. The smallest absolute Gasteiger partial charge is 0.321 e. The van der Waals surface area contributed by atoms with E-state index in [2.05, 4.69) is 16.0 Å². The van der Waals surface area contributed by atoms with Crippen molar-refractivity contribution in [2.24, 2.45) is 5.92 Å². The third-order valence-corrected chi connectivity index (χ3v) is 6.51. The van der Waals surface area contributed by atoms with E-state index in [4.69, 9.17) is 16.3 Å². The van der Waals surface area contributed by atoms with Gasteiger partial charge in [-0.25, -0.2) is 4.79 Å². The zero-order valence-electron chi connectivity index (χ0n) is 20.3. The van der Waals surface area contributed by atoms with Crippen LogP contribution in [-0.2, 0) is 4.79 Å². The Morgan fingerprint density at radius 3 is 2.46 bits per heavy atom. The monoisotopic (exact) mass is 500 g/mol. The van der Waals surface area contributed by atoms with Crippen LogP contribution in [0.1, 0.15) is 43.5 Å². The van der Waals surface area contributed by atoms with Gasteiger partial charge in [-0.05, 0) is 68.5 Å². The Hall–Kier alpha value is -3.26. The van der Waals surface area contributed by atoms with Gasteiger partial charge in [-0.2, -0.15) is 0 Å². The molecule has 0 aliphatic carbocycles. The minimum absolute atomic E-state index is 0.0118. The number of hydrogen-bond acceptors (Lipinski definition) is 4. The van der Waals surface area contributed by atoms with Crippen molar-refractivity contribution in [3.8, 4) is 5.75 Å². The van der Waals surface area contributed by atoms with Gasteiger partial charge < -0.3 is 25.6 Å². The van der Waals surface area contributed by atoms with Crippen molar-refractivity contribution in [3.63, 3.8) is 0 Å². The molecule has 2 unspecified atom stereocenters. The largest absolute Gasteiger partial charge is 0.497 e. The zero-order chi connectivity index (χ0) is 25.4. The Labute approximate surface area is 211 Å². The average Bonchev–Trinajstić information content (AvgIpc) is 2.87. The van der Waals surface area contributed by atoms with Crippen LogP contribution in [0.15, 0.2) is 48.5 Å². The summed E-state index contributed by atoms with van der Waals surface area (Å²) in [5.74, 6) is -0.0899. The summed E-state index contributed by atoms with van der Waals surface area (Å²) in [6, 6.07) is 12.9. The van der Waals surface area contributed by atoms with Crippen LogP contribution >= 0.6 is 11.6 Å². The molecule has 0 radical (unpaired) electrons. The van der Waals surface area contributed by atoms with E-state index in [9.17, 15) is 14.4 Å². The summed E-state index contributed by atoms with van der Waals surface area (Å²) >= 11 is 6.00. The van der Waals surface area contributed by atoms with Crippen molar-refractivity contribution in [1.82, 2.24) is 15.5 Å². The highest BCUT2D eigenvalue weighted by atomic mass is 35.5. The van der Waals surface area contributed by atoms with E-state index in [1.54, 1.807) is 53.4 Å². The van der Waals surface area contributed by atoms with E-state index < -0.39 is 6.04 Å². The van der Waals surface area contributed by atoms with Crippen molar-refractivity contribution in [1.29, 1.82) is 0 Å². The molecule has 2 aromatic rings. The summed E-state index contributed by atoms with van der Waals surface area (Å²) in [6.45, 7) is 4.87. The van der Waals surface area contributed by atoms with E-state index in [-0.39, 0.29) is 29.8 Å². The van der Waals surface area contributed by atoms with Gasteiger partial charge in [-0.15, -0.1) is 0 Å². The minimum Gasteiger partial charge on any atom is -0.497 e. The highest BCUT2D eigenvalue weighted by Crippen LogP contribution is 2.23. The van der Waals surface area contributed by atoms with Gasteiger partial charge in [0.2, 0.25) is 5.91 Å². The summed E-state index contributed by atoms with van der Waals surface area (Å²) in [5, 5.41) is 9.33. The zero-order valence-corrected chi connectivity index (χ0v) is 21.1. The highest BCUT2D eigenvalue weighted by Gasteiger charge is 2.34. The normalized spacial score (nSPS) is 15.6. The lowest BCUT2D eigenvalue weighted by Crippen LogP contribution is -2.55. The predicted molar refractivity (Wildman–Crippen MR) is 137 cm³/mol. The molecular formula is C26H33ClN4O4. The quantitative estimate of drug-likeness (QED) is 0.503. The molecule has 0 bridgehead atoms. The highest BCUT2D eigenvalue weighted by molar-refractivity contribution is 6.30. The molecule has 3 N–H and O–H groups in total. The van der Waals surface area contributed by atoms with E-state index in [1.165, 1.54) is 7.11 Å². The SMILES string of the molecule is CCC(C)NC(=O)C(NC(=O)c1cccc(OC)c1)C1CCN(C(=O)Nc2cccc(Cl)c2)CC1. The molecular weight excluding hydrogens is 468 g/mol. The average molecular weight is 501 g/mol. The maximum absolute atomic E-state index is 13.1. The molecule has 3 rings (SSSR count). The van der Waals surface area contributed by atoms with Crippen LogP contribution in [-0.4, -0.2) is 55.0 Å². The summed E-state index contributed by atoms with van der Waals surface area (Å²) in [7, 11) is 1.54. The van der Waals surface area contributed by atoms with Crippen LogP contribution in [0, 0.1) is 5.92 Å². The van der Waals surface area contributed by atoms with Crippen LogP contribution in [0.5, 0.6) is 5.75 Å². The first-order valence-electron chi connectivity index (χ1n) is 11.9. The van der Waals surface area contributed by atoms with Gasteiger partial charge in [0.15, 0.2) is 0 Å². The molecule has 35 heavy (non-hydrogen) atoms. The lowest BCUT2D eigenvalue weighted by atomic mass is 9.88. The Kier molecular flexibility index (Phi) is 9.37. The molecule has 1 heterocycles. The number of ether oxygens (including phenoxy) is 1. The standard InChI is InChI=1S/C26H33ClN4O4/c1-4-17(2)28-25(33)23(30-24(32)19-7-5-10-22(15-19)35-3)18-11-13-31(14-12-18)26(34)29-21-9-6-8-20(27)16-21/h5-10,15-18,23H,4,11-14H2,1-3H3,(H,28,33)(H,29,34)(H,30,32). The molecule has 1 saturated heterocycles. The van der Waals surface area contributed by atoms with E-state index >= 15 is 0 Å². The molecule has 0 aromatic heterocycles. The van der Waals surface area contributed by atoms with Crippen molar-refractivity contribution in [2.45, 2.75) is 45.2 Å². The van der Waals surface area contributed by atoms with Crippen molar-refractivity contribution >= 4 is 35.1 Å². The van der Waals surface area contributed by atoms with E-state index in [0.29, 0.717) is 48.0 Å². The molecule has 1 fully saturated rings. The second-order valence-electron chi connectivity index (χ2n) is 8.77. The van der Waals surface area contributed by atoms with Crippen LogP contribution in [0.4, 0.5) is 10.5 Å². The second-order valence-corrected chi connectivity index (χ2v) is 9.20. The van der Waals surface area contributed by atoms with Gasteiger partial charge in [-0.1, -0.05) is 30.7 Å². The molecule has 8 nitrogen and oxygen atoms in total. The number of hydrogen-bond donors (Lipinski definition) is 3. The third-order valence-electron chi connectivity index (χ3n) is 6.28. The second kappa shape index (κ2) is 12.4. The lowest BCUT2D eigenvalue weighted by Gasteiger charge is -2.36. The van der Waals surface area contributed by atoms with Crippen molar-refractivity contribution in [2.75, 3.05) is 25.5 Å². The number of methoxy groups -OCH3 is 1. The first-order chi connectivity index (χ1) is 16.8. The summed E-state index contributed by atoms with van der Waals surface area (Å²) in [5.41, 5.74) is 1.05. The van der Waals surface area contributed by atoms with Crippen LogP contribution in [0.25, 0.3) is 0 Å². The number of carbonyl (C=O) groups excluding carboxylic acids is 3. The fourth-order valence-electron chi connectivity index (χ4n) is 4.03. The predicted octanol–water partition coefficient (Wildman–Crippen LogP) is 4.31. The fraction of sp³-hybridized carbons (Fsp3) is 0.423. The molecule has 1 aliphatic rings. The topological polar surface area (TPSA) is 99.8 Å². The number of amides is 4. The van der Waals surface area contributed by atoms with E-state index in [0.717, 1.165) is 6.42 Å². The van der Waals surface area contributed by atoms with Crippen molar-refractivity contribution in [3.05, 3.63) is 59.1 Å². The maximum atomic E-state index is 13.1. The van der Waals surface area contributed by atoms with Gasteiger partial charge >= 0.3 is 6.03 Å². The number of rotatable bonds is 8. The Morgan fingerprint density at radius 2 is 1.80 bits per heavy atom. The van der Waals surface area contributed by atoms with Gasteiger partial charge in [-0.3, -0.25) is 9.59 Å². The van der Waals surface area contributed by atoms with Crippen LogP contribution in [0.3, 0.4) is 0 Å². The Morgan fingerprint density at radius 1 is 1.09 bits per heavy atom. The molecule has 188 valence electrons. The third kappa shape index (κ3) is 7.36.